The standard InChI is InChI=1S/C20H18N4O/c1-12-14-7-3-4-8-16(14)21-13(2)15(12)11-19(25)24-20-22-17-9-5-6-10-18(17)23-20/h3-10H,11H2,1-2H3,(H2,22,23,24,25). The van der Waals surface area contributed by atoms with Gasteiger partial charge in [-0.1, -0.05) is 30.3 Å². The molecule has 0 spiro atoms. The van der Waals surface area contributed by atoms with Crippen molar-refractivity contribution in [2.75, 3.05) is 5.32 Å². The summed E-state index contributed by atoms with van der Waals surface area (Å²) in [4.78, 5) is 24.6. The van der Waals surface area contributed by atoms with Crippen LogP contribution in [0.25, 0.3) is 21.9 Å². The van der Waals surface area contributed by atoms with Crippen molar-refractivity contribution in [1.29, 1.82) is 0 Å². The molecule has 5 heteroatoms. The second-order valence-electron chi connectivity index (χ2n) is 6.15. The lowest BCUT2D eigenvalue weighted by Crippen LogP contribution is -2.17. The molecular weight excluding hydrogens is 312 g/mol. The number of benzene rings is 2. The van der Waals surface area contributed by atoms with Gasteiger partial charge in [0, 0.05) is 11.1 Å². The first-order valence-electron chi connectivity index (χ1n) is 8.21. The summed E-state index contributed by atoms with van der Waals surface area (Å²) in [6, 6.07) is 15.7. The summed E-state index contributed by atoms with van der Waals surface area (Å²) in [6.07, 6.45) is 0.270. The van der Waals surface area contributed by atoms with E-state index in [2.05, 4.69) is 20.3 Å². The normalized spacial score (nSPS) is 11.1. The minimum Gasteiger partial charge on any atom is -0.324 e. The number of pyridine rings is 1. The lowest BCUT2D eigenvalue weighted by molar-refractivity contribution is -0.115. The van der Waals surface area contributed by atoms with Crippen LogP contribution in [0.15, 0.2) is 48.5 Å². The van der Waals surface area contributed by atoms with Gasteiger partial charge in [0.1, 0.15) is 0 Å². The fourth-order valence-electron chi connectivity index (χ4n) is 3.18. The third-order valence-electron chi connectivity index (χ3n) is 4.47. The third-order valence-corrected chi connectivity index (χ3v) is 4.47. The smallest absolute Gasteiger partial charge is 0.231 e. The number of H-pyrrole nitrogens is 1. The summed E-state index contributed by atoms with van der Waals surface area (Å²) in [6.45, 7) is 3.99. The van der Waals surface area contributed by atoms with E-state index in [9.17, 15) is 4.79 Å². The number of hydrogen-bond donors (Lipinski definition) is 2. The summed E-state index contributed by atoms with van der Waals surface area (Å²) >= 11 is 0. The maximum Gasteiger partial charge on any atom is 0.231 e. The molecule has 0 radical (unpaired) electrons. The van der Waals surface area contributed by atoms with Gasteiger partial charge < -0.3 is 4.98 Å². The molecule has 2 N–H and O–H groups in total. The van der Waals surface area contributed by atoms with Crippen molar-refractivity contribution in [2.24, 2.45) is 0 Å². The number of fused-ring (bicyclic) bond motifs is 2. The van der Waals surface area contributed by atoms with E-state index >= 15 is 0 Å². The van der Waals surface area contributed by atoms with Crippen LogP contribution in [0.3, 0.4) is 0 Å². The van der Waals surface area contributed by atoms with E-state index in [4.69, 9.17) is 0 Å². The number of anilines is 1. The molecule has 2 heterocycles. The zero-order valence-corrected chi connectivity index (χ0v) is 14.1. The topological polar surface area (TPSA) is 70.7 Å². The molecule has 4 aromatic rings. The molecule has 25 heavy (non-hydrogen) atoms. The van der Waals surface area contributed by atoms with Crippen molar-refractivity contribution in [3.8, 4) is 0 Å². The van der Waals surface area contributed by atoms with Gasteiger partial charge in [-0.15, -0.1) is 0 Å². The van der Waals surface area contributed by atoms with Crippen LogP contribution in [0.5, 0.6) is 0 Å². The zero-order chi connectivity index (χ0) is 17.4. The molecule has 0 aliphatic carbocycles. The number of rotatable bonds is 3. The molecule has 4 rings (SSSR count). The first kappa shape index (κ1) is 15.3. The van der Waals surface area contributed by atoms with Gasteiger partial charge in [-0.25, -0.2) is 4.98 Å². The summed E-state index contributed by atoms with van der Waals surface area (Å²) in [5.74, 6) is 0.359. The quantitative estimate of drug-likeness (QED) is 0.598. The lowest BCUT2D eigenvalue weighted by Gasteiger charge is -2.12. The van der Waals surface area contributed by atoms with Gasteiger partial charge >= 0.3 is 0 Å². The van der Waals surface area contributed by atoms with E-state index in [0.717, 1.165) is 38.8 Å². The second kappa shape index (κ2) is 6.02. The fraction of sp³-hybridized carbons (Fsp3) is 0.150. The van der Waals surface area contributed by atoms with Crippen molar-refractivity contribution >= 4 is 33.8 Å². The molecule has 2 aromatic heterocycles. The Morgan fingerprint density at radius 3 is 2.52 bits per heavy atom. The highest BCUT2D eigenvalue weighted by molar-refractivity contribution is 5.94. The molecular formula is C20H18N4O. The fourth-order valence-corrected chi connectivity index (χ4v) is 3.18. The SMILES string of the molecule is Cc1nc2ccccc2c(C)c1CC(=O)Nc1nc2ccccc2[nH]1. The number of para-hydroxylation sites is 3. The number of aromatic nitrogens is 3. The van der Waals surface area contributed by atoms with Gasteiger partial charge in [0.15, 0.2) is 0 Å². The number of carbonyl (C=O) groups excluding carboxylic acids is 1. The van der Waals surface area contributed by atoms with E-state index in [1.54, 1.807) is 0 Å². The average molecular weight is 330 g/mol. The number of nitrogens with zero attached hydrogens (tertiary/aromatic N) is 2. The lowest BCUT2D eigenvalue weighted by atomic mass is 9.99. The summed E-state index contributed by atoms with van der Waals surface area (Å²) in [5, 5.41) is 3.93. The molecule has 0 fully saturated rings. The Bertz CT molecular complexity index is 1060. The monoisotopic (exact) mass is 330 g/mol. The van der Waals surface area contributed by atoms with Crippen LogP contribution in [0.1, 0.15) is 16.8 Å². The molecule has 0 saturated heterocycles. The van der Waals surface area contributed by atoms with Gasteiger partial charge in [-0.2, -0.15) is 0 Å². The van der Waals surface area contributed by atoms with Crippen molar-refractivity contribution in [3.63, 3.8) is 0 Å². The predicted molar refractivity (Wildman–Crippen MR) is 99.6 cm³/mol. The van der Waals surface area contributed by atoms with Crippen LogP contribution in [0.4, 0.5) is 5.95 Å². The molecule has 0 atom stereocenters. The Balaban J connectivity index is 1.61. The number of aryl methyl sites for hydroxylation is 2. The first-order valence-corrected chi connectivity index (χ1v) is 8.21. The van der Waals surface area contributed by atoms with Gasteiger partial charge in [-0.3, -0.25) is 15.1 Å². The Morgan fingerprint density at radius 2 is 1.72 bits per heavy atom. The number of hydrogen-bond acceptors (Lipinski definition) is 3. The van der Waals surface area contributed by atoms with Crippen LogP contribution in [0.2, 0.25) is 0 Å². The van der Waals surface area contributed by atoms with Crippen molar-refractivity contribution < 1.29 is 4.79 Å². The number of nitrogens with one attached hydrogen (secondary N) is 2. The molecule has 0 aliphatic heterocycles. The molecule has 0 aliphatic rings. The van der Waals surface area contributed by atoms with E-state index in [0.29, 0.717) is 5.95 Å². The number of imidazole rings is 1. The number of aromatic amines is 1. The van der Waals surface area contributed by atoms with Crippen LogP contribution in [-0.4, -0.2) is 20.9 Å². The number of amides is 1. The maximum atomic E-state index is 12.5. The van der Waals surface area contributed by atoms with Crippen LogP contribution in [0, 0.1) is 13.8 Å². The molecule has 0 bridgehead atoms. The largest absolute Gasteiger partial charge is 0.324 e. The predicted octanol–water partition coefficient (Wildman–Crippen LogP) is 3.91. The van der Waals surface area contributed by atoms with Crippen molar-refractivity contribution in [2.45, 2.75) is 20.3 Å². The third kappa shape index (κ3) is 2.85. The van der Waals surface area contributed by atoms with E-state index < -0.39 is 0 Å². The minimum atomic E-state index is -0.109. The molecule has 0 saturated carbocycles. The highest BCUT2D eigenvalue weighted by Gasteiger charge is 2.14. The molecule has 5 nitrogen and oxygen atoms in total. The minimum absolute atomic E-state index is 0.109. The number of carbonyl (C=O) groups is 1. The van der Waals surface area contributed by atoms with E-state index in [1.807, 2.05) is 62.4 Å². The summed E-state index contributed by atoms with van der Waals surface area (Å²) < 4.78 is 0. The molecule has 2 aromatic carbocycles. The zero-order valence-electron chi connectivity index (χ0n) is 14.1. The molecule has 1 amide bonds. The Morgan fingerprint density at radius 1 is 1.00 bits per heavy atom. The Labute approximate surface area is 145 Å². The Kier molecular flexibility index (Phi) is 3.69. The van der Waals surface area contributed by atoms with Crippen LogP contribution in [-0.2, 0) is 11.2 Å². The Hall–Kier alpha value is -3.21. The van der Waals surface area contributed by atoms with E-state index in [1.165, 1.54) is 0 Å². The van der Waals surface area contributed by atoms with Crippen molar-refractivity contribution in [1.82, 2.24) is 15.0 Å². The summed E-state index contributed by atoms with van der Waals surface area (Å²) in [5.41, 5.74) is 5.64. The second-order valence-corrected chi connectivity index (χ2v) is 6.15. The van der Waals surface area contributed by atoms with Gasteiger partial charge in [-0.05, 0) is 43.2 Å². The van der Waals surface area contributed by atoms with Gasteiger partial charge in [0.2, 0.25) is 11.9 Å². The highest BCUT2D eigenvalue weighted by atomic mass is 16.1. The first-order chi connectivity index (χ1) is 12.1. The van der Waals surface area contributed by atoms with Gasteiger partial charge in [0.25, 0.3) is 0 Å². The average Bonchev–Trinajstić information content (AvgIpc) is 3.00. The molecule has 0 unspecified atom stereocenters. The van der Waals surface area contributed by atoms with E-state index in [-0.39, 0.29) is 12.3 Å². The van der Waals surface area contributed by atoms with Gasteiger partial charge in [0.05, 0.1) is 23.0 Å². The maximum absolute atomic E-state index is 12.5. The van der Waals surface area contributed by atoms with Crippen LogP contribution < -0.4 is 5.32 Å². The molecule has 124 valence electrons. The van der Waals surface area contributed by atoms with Crippen molar-refractivity contribution in [3.05, 3.63) is 65.4 Å². The van der Waals surface area contributed by atoms with Crippen LogP contribution >= 0.6 is 0 Å². The highest BCUT2D eigenvalue weighted by Crippen LogP contribution is 2.23. The summed E-state index contributed by atoms with van der Waals surface area (Å²) in [7, 11) is 0.